The first kappa shape index (κ1) is 17.0. The lowest BCUT2D eigenvalue weighted by molar-refractivity contribution is 0.0691. The van der Waals surface area contributed by atoms with Crippen LogP contribution in [0.2, 0.25) is 0 Å². The van der Waals surface area contributed by atoms with Crippen molar-refractivity contribution in [2.75, 3.05) is 18.4 Å². The number of carbonyl (C=O) groups excluding carboxylic acids is 1. The van der Waals surface area contributed by atoms with E-state index < -0.39 is 0 Å². The fraction of sp³-hybridized carbons (Fsp3) is 0.368. The number of hydrogen-bond acceptors (Lipinski definition) is 3. The zero-order valence-electron chi connectivity index (χ0n) is 14.1. The number of aryl methyl sites for hydroxylation is 1. The minimum atomic E-state index is 0.0237. The molecular formula is C19H22BrN3O. The smallest absolute Gasteiger partial charge is 0.272 e. The Morgan fingerprint density at radius 1 is 1.21 bits per heavy atom. The Bertz CT molecular complexity index is 739. The van der Waals surface area contributed by atoms with Gasteiger partial charge < -0.3 is 10.2 Å². The van der Waals surface area contributed by atoms with Crippen LogP contribution in [0.4, 0.5) is 11.4 Å². The zero-order chi connectivity index (χ0) is 17.1. The fourth-order valence-corrected chi connectivity index (χ4v) is 3.22. The van der Waals surface area contributed by atoms with E-state index in [0.29, 0.717) is 11.6 Å². The molecule has 3 rings (SSSR count). The van der Waals surface area contributed by atoms with E-state index in [1.807, 2.05) is 29.2 Å². The van der Waals surface area contributed by atoms with Gasteiger partial charge in [0.05, 0.1) is 0 Å². The molecule has 1 aromatic carbocycles. The molecule has 1 fully saturated rings. The van der Waals surface area contributed by atoms with Gasteiger partial charge in [-0.2, -0.15) is 0 Å². The van der Waals surface area contributed by atoms with Crippen LogP contribution in [0.25, 0.3) is 0 Å². The zero-order valence-corrected chi connectivity index (χ0v) is 15.6. The first-order chi connectivity index (χ1) is 11.5. The molecule has 1 amide bonds. The predicted octanol–water partition coefficient (Wildman–Crippen LogP) is 4.77. The number of halogens is 1. The van der Waals surface area contributed by atoms with Gasteiger partial charge in [-0.1, -0.05) is 28.9 Å². The molecule has 126 valence electrons. The molecule has 1 aromatic heterocycles. The molecule has 0 unspecified atom stereocenters. The first-order valence-corrected chi connectivity index (χ1v) is 9.11. The van der Waals surface area contributed by atoms with Crippen molar-refractivity contribution in [2.24, 2.45) is 5.92 Å². The molecular weight excluding hydrogens is 366 g/mol. The number of carbonyl (C=O) groups is 1. The molecule has 2 aromatic rings. The number of hydrogen-bond donors (Lipinski definition) is 1. The van der Waals surface area contributed by atoms with Gasteiger partial charge >= 0.3 is 0 Å². The van der Waals surface area contributed by atoms with Crippen molar-refractivity contribution in [3.8, 4) is 0 Å². The van der Waals surface area contributed by atoms with Crippen LogP contribution in [0.3, 0.4) is 0 Å². The van der Waals surface area contributed by atoms with Gasteiger partial charge in [0.25, 0.3) is 5.91 Å². The van der Waals surface area contributed by atoms with E-state index in [9.17, 15) is 4.79 Å². The van der Waals surface area contributed by atoms with Crippen molar-refractivity contribution >= 4 is 33.2 Å². The Kier molecular flexibility index (Phi) is 5.19. The van der Waals surface area contributed by atoms with E-state index >= 15 is 0 Å². The van der Waals surface area contributed by atoms with Crippen LogP contribution in [0.1, 0.15) is 35.8 Å². The molecule has 1 N–H and O–H groups in total. The van der Waals surface area contributed by atoms with E-state index in [2.05, 4.69) is 46.1 Å². The molecule has 0 atom stereocenters. The van der Waals surface area contributed by atoms with Gasteiger partial charge in [-0.3, -0.25) is 9.78 Å². The van der Waals surface area contributed by atoms with Crippen molar-refractivity contribution in [3.05, 3.63) is 52.3 Å². The summed E-state index contributed by atoms with van der Waals surface area (Å²) in [4.78, 5) is 18.8. The number of piperidine rings is 1. The normalized spacial score (nSPS) is 15.4. The number of nitrogens with one attached hydrogen (secondary N) is 1. The standard InChI is InChI=1S/C19H22BrN3O/c1-13-6-9-23(10-7-13)19(24)18-12-16(5-8-21-18)22-15-4-3-14(2)17(20)11-15/h3-5,8,11-13H,6-7,9-10H2,1-2H3,(H,21,22). The third-order valence-electron chi connectivity index (χ3n) is 4.51. The van der Waals surface area contributed by atoms with Gasteiger partial charge in [0.2, 0.25) is 0 Å². The second-order valence-electron chi connectivity index (χ2n) is 6.49. The number of anilines is 2. The van der Waals surface area contributed by atoms with Crippen molar-refractivity contribution in [1.29, 1.82) is 0 Å². The largest absolute Gasteiger partial charge is 0.355 e. The van der Waals surface area contributed by atoms with E-state index in [1.165, 1.54) is 5.56 Å². The third kappa shape index (κ3) is 3.96. The summed E-state index contributed by atoms with van der Waals surface area (Å²) < 4.78 is 1.06. The van der Waals surface area contributed by atoms with Gasteiger partial charge in [-0.25, -0.2) is 0 Å². The van der Waals surface area contributed by atoms with Gasteiger partial charge in [0, 0.05) is 35.1 Å². The average molecular weight is 388 g/mol. The Morgan fingerprint density at radius 3 is 2.62 bits per heavy atom. The lowest BCUT2D eigenvalue weighted by Crippen LogP contribution is -2.38. The highest BCUT2D eigenvalue weighted by Gasteiger charge is 2.22. The molecule has 2 heterocycles. The van der Waals surface area contributed by atoms with E-state index in [0.717, 1.165) is 41.8 Å². The maximum Gasteiger partial charge on any atom is 0.272 e. The number of amides is 1. The molecule has 1 aliphatic rings. The van der Waals surface area contributed by atoms with Crippen LogP contribution < -0.4 is 5.32 Å². The SMILES string of the molecule is Cc1ccc(Nc2ccnc(C(=O)N3CCC(C)CC3)c2)cc1Br. The van der Waals surface area contributed by atoms with E-state index in [4.69, 9.17) is 0 Å². The van der Waals surface area contributed by atoms with Gasteiger partial charge in [0.15, 0.2) is 0 Å². The lowest BCUT2D eigenvalue weighted by Gasteiger charge is -2.30. The monoisotopic (exact) mass is 387 g/mol. The number of likely N-dealkylation sites (tertiary alicyclic amines) is 1. The Balaban J connectivity index is 1.73. The first-order valence-electron chi connectivity index (χ1n) is 8.31. The number of aromatic nitrogens is 1. The van der Waals surface area contributed by atoms with E-state index in [-0.39, 0.29) is 5.91 Å². The van der Waals surface area contributed by atoms with Crippen molar-refractivity contribution in [1.82, 2.24) is 9.88 Å². The van der Waals surface area contributed by atoms with Crippen LogP contribution in [0.15, 0.2) is 41.0 Å². The van der Waals surface area contributed by atoms with Crippen molar-refractivity contribution in [2.45, 2.75) is 26.7 Å². The van der Waals surface area contributed by atoms with E-state index in [1.54, 1.807) is 6.20 Å². The summed E-state index contributed by atoms with van der Waals surface area (Å²) in [5.74, 6) is 0.727. The van der Waals surface area contributed by atoms with Crippen LogP contribution in [0.5, 0.6) is 0 Å². The highest BCUT2D eigenvalue weighted by Crippen LogP contribution is 2.24. The quantitative estimate of drug-likeness (QED) is 0.824. The summed E-state index contributed by atoms with van der Waals surface area (Å²) in [5.41, 5.74) is 3.53. The molecule has 1 aliphatic heterocycles. The summed E-state index contributed by atoms with van der Waals surface area (Å²) in [6, 6.07) is 9.81. The average Bonchev–Trinajstić information content (AvgIpc) is 2.58. The molecule has 0 radical (unpaired) electrons. The van der Waals surface area contributed by atoms with Crippen LogP contribution in [0, 0.1) is 12.8 Å². The summed E-state index contributed by atoms with van der Waals surface area (Å²) in [7, 11) is 0. The minimum Gasteiger partial charge on any atom is -0.355 e. The third-order valence-corrected chi connectivity index (χ3v) is 5.36. The fourth-order valence-electron chi connectivity index (χ4n) is 2.84. The highest BCUT2D eigenvalue weighted by atomic mass is 79.9. The molecule has 0 spiro atoms. The van der Waals surface area contributed by atoms with Crippen LogP contribution in [-0.4, -0.2) is 28.9 Å². The molecule has 0 bridgehead atoms. The van der Waals surface area contributed by atoms with Gasteiger partial charge in [0.1, 0.15) is 5.69 Å². The maximum absolute atomic E-state index is 12.6. The summed E-state index contributed by atoms with van der Waals surface area (Å²) >= 11 is 3.54. The highest BCUT2D eigenvalue weighted by molar-refractivity contribution is 9.10. The maximum atomic E-state index is 12.6. The van der Waals surface area contributed by atoms with Crippen LogP contribution in [-0.2, 0) is 0 Å². The van der Waals surface area contributed by atoms with Crippen molar-refractivity contribution < 1.29 is 4.79 Å². The molecule has 0 saturated carbocycles. The molecule has 1 saturated heterocycles. The van der Waals surface area contributed by atoms with Crippen molar-refractivity contribution in [3.63, 3.8) is 0 Å². The van der Waals surface area contributed by atoms with Crippen LogP contribution >= 0.6 is 15.9 Å². The predicted molar refractivity (Wildman–Crippen MR) is 101 cm³/mol. The number of rotatable bonds is 3. The summed E-state index contributed by atoms with van der Waals surface area (Å²) in [6.45, 7) is 5.94. The number of benzene rings is 1. The Hall–Kier alpha value is -1.88. The number of pyridine rings is 1. The second kappa shape index (κ2) is 7.34. The van der Waals surface area contributed by atoms with Gasteiger partial charge in [-0.05, 0) is 55.5 Å². The number of nitrogens with zero attached hydrogens (tertiary/aromatic N) is 2. The molecule has 4 nitrogen and oxygen atoms in total. The second-order valence-corrected chi connectivity index (χ2v) is 7.35. The topological polar surface area (TPSA) is 45.2 Å². The molecule has 24 heavy (non-hydrogen) atoms. The summed E-state index contributed by atoms with van der Waals surface area (Å²) in [5, 5.41) is 3.34. The summed E-state index contributed by atoms with van der Waals surface area (Å²) in [6.07, 6.45) is 3.83. The molecule has 5 heteroatoms. The van der Waals surface area contributed by atoms with Gasteiger partial charge in [-0.15, -0.1) is 0 Å². The Labute approximate surface area is 151 Å². The Morgan fingerprint density at radius 2 is 1.92 bits per heavy atom. The minimum absolute atomic E-state index is 0.0237. The lowest BCUT2D eigenvalue weighted by atomic mass is 9.99. The molecule has 0 aliphatic carbocycles.